The largest absolute Gasteiger partial charge is 0.297 e. The fraction of sp³-hybridized carbons (Fsp3) is 0.0588. The van der Waals surface area contributed by atoms with E-state index >= 15 is 0 Å². The normalized spacial score (nSPS) is 11.2. The van der Waals surface area contributed by atoms with E-state index in [0.717, 1.165) is 20.3 Å². The van der Waals surface area contributed by atoms with Crippen molar-refractivity contribution in [2.45, 2.75) is 4.90 Å². The van der Waals surface area contributed by atoms with Gasteiger partial charge in [-0.25, -0.2) is 4.98 Å². The fourth-order valence-corrected chi connectivity index (χ4v) is 5.23. The number of halogens is 1. The van der Waals surface area contributed by atoms with E-state index in [2.05, 4.69) is 16.4 Å². The maximum atomic E-state index is 12.6. The molecule has 1 amide bonds. The molecule has 0 aliphatic heterocycles. The first-order valence-corrected chi connectivity index (χ1v) is 10.3. The van der Waals surface area contributed by atoms with Gasteiger partial charge in [0.25, 0.3) is 5.91 Å². The lowest BCUT2D eigenvalue weighted by Crippen LogP contribution is -2.10. The van der Waals surface area contributed by atoms with Crippen molar-refractivity contribution >= 4 is 77.4 Å². The maximum Gasteiger partial charge on any atom is 0.269 e. The lowest BCUT2D eigenvalue weighted by molar-refractivity contribution is 0.103. The summed E-state index contributed by atoms with van der Waals surface area (Å²) in [5.74, 6) is -0.217. The molecule has 0 atom stereocenters. The first-order valence-electron chi connectivity index (χ1n) is 7.08. The highest BCUT2D eigenvalue weighted by atomic mass is 35.5. The fourth-order valence-electron chi connectivity index (χ4n) is 2.40. The van der Waals surface area contributed by atoms with Gasteiger partial charge in [0.15, 0.2) is 5.13 Å². The molecule has 2 aromatic heterocycles. The van der Waals surface area contributed by atoms with Gasteiger partial charge in [-0.1, -0.05) is 41.1 Å². The molecule has 0 spiro atoms. The van der Waals surface area contributed by atoms with Crippen LogP contribution in [0.25, 0.3) is 20.3 Å². The van der Waals surface area contributed by atoms with Crippen LogP contribution in [0.15, 0.2) is 47.4 Å². The molecule has 7 heteroatoms. The van der Waals surface area contributed by atoms with Crippen LogP contribution in [0.5, 0.6) is 0 Å². The number of hydrogen-bond acceptors (Lipinski definition) is 5. The molecule has 120 valence electrons. The number of thioether (sulfide) groups is 1. The third kappa shape index (κ3) is 2.80. The molecule has 4 aromatic rings. The minimum Gasteiger partial charge on any atom is -0.297 e. The van der Waals surface area contributed by atoms with Gasteiger partial charge < -0.3 is 0 Å². The zero-order valence-corrected chi connectivity index (χ0v) is 15.7. The van der Waals surface area contributed by atoms with Gasteiger partial charge in [-0.15, -0.1) is 23.1 Å². The lowest BCUT2D eigenvalue weighted by Gasteiger charge is -1.98. The Morgan fingerprint density at radius 2 is 2.00 bits per heavy atom. The number of carbonyl (C=O) groups is 1. The SMILES string of the molecule is CSc1ccc2nc(NC(=O)c3sc4ccccc4c3Cl)sc2c1. The molecule has 0 radical (unpaired) electrons. The molecule has 0 aliphatic rings. The average Bonchev–Trinajstić information content (AvgIpc) is 3.15. The van der Waals surface area contributed by atoms with Crippen LogP contribution in [0.1, 0.15) is 9.67 Å². The Balaban J connectivity index is 1.66. The number of carbonyl (C=O) groups excluding carboxylic acids is 1. The third-order valence-electron chi connectivity index (χ3n) is 3.56. The molecule has 0 aliphatic carbocycles. The van der Waals surface area contributed by atoms with Crippen LogP contribution in [0.2, 0.25) is 5.02 Å². The van der Waals surface area contributed by atoms with Crippen molar-refractivity contribution in [2.75, 3.05) is 11.6 Å². The van der Waals surface area contributed by atoms with E-state index < -0.39 is 0 Å². The van der Waals surface area contributed by atoms with Crippen LogP contribution in [0.3, 0.4) is 0 Å². The molecule has 0 saturated carbocycles. The van der Waals surface area contributed by atoms with E-state index in [1.54, 1.807) is 11.8 Å². The molecule has 1 N–H and O–H groups in total. The van der Waals surface area contributed by atoms with Crippen LogP contribution in [-0.4, -0.2) is 17.1 Å². The van der Waals surface area contributed by atoms with Gasteiger partial charge in [-0.2, -0.15) is 0 Å². The Labute approximate surface area is 155 Å². The second-order valence-electron chi connectivity index (χ2n) is 5.05. The lowest BCUT2D eigenvalue weighted by atomic mass is 10.2. The molecule has 3 nitrogen and oxygen atoms in total. The number of amides is 1. The minimum atomic E-state index is -0.217. The molecule has 0 saturated heterocycles. The Hall–Kier alpha value is -1.60. The average molecular weight is 391 g/mol. The summed E-state index contributed by atoms with van der Waals surface area (Å²) in [6, 6.07) is 13.8. The van der Waals surface area contributed by atoms with Gasteiger partial charge in [0.2, 0.25) is 0 Å². The topological polar surface area (TPSA) is 42.0 Å². The van der Waals surface area contributed by atoms with Crippen LogP contribution in [0, 0.1) is 0 Å². The molecular formula is C17H11ClN2OS3. The van der Waals surface area contributed by atoms with Gasteiger partial charge in [0.05, 0.1) is 15.2 Å². The zero-order valence-electron chi connectivity index (χ0n) is 12.5. The van der Waals surface area contributed by atoms with E-state index in [9.17, 15) is 4.79 Å². The smallest absolute Gasteiger partial charge is 0.269 e. The monoisotopic (exact) mass is 390 g/mol. The number of nitrogens with one attached hydrogen (secondary N) is 1. The molecule has 0 unspecified atom stereocenters. The standard InChI is InChI=1S/C17H11ClN2OS3/c1-22-9-6-7-11-13(8-9)24-17(19-11)20-16(21)15-14(18)10-4-2-3-5-12(10)23-15/h2-8H,1H3,(H,19,20,21). The Bertz CT molecular complexity index is 1070. The van der Waals surface area contributed by atoms with Gasteiger partial charge in [0.1, 0.15) is 4.88 Å². The number of thiazole rings is 1. The van der Waals surface area contributed by atoms with Crippen molar-refractivity contribution < 1.29 is 4.79 Å². The van der Waals surface area contributed by atoms with E-state index in [4.69, 9.17) is 11.6 Å². The van der Waals surface area contributed by atoms with Crippen molar-refractivity contribution in [2.24, 2.45) is 0 Å². The number of fused-ring (bicyclic) bond motifs is 2. The zero-order chi connectivity index (χ0) is 16.7. The maximum absolute atomic E-state index is 12.6. The molecule has 0 fully saturated rings. The first kappa shape index (κ1) is 15.9. The number of aromatic nitrogens is 1. The van der Waals surface area contributed by atoms with E-state index in [1.807, 2.05) is 42.7 Å². The number of benzene rings is 2. The van der Waals surface area contributed by atoms with Crippen LogP contribution < -0.4 is 5.32 Å². The second-order valence-corrected chi connectivity index (χ2v) is 8.39. The van der Waals surface area contributed by atoms with Crippen molar-refractivity contribution in [3.05, 3.63) is 52.4 Å². The quantitative estimate of drug-likeness (QED) is 0.427. The van der Waals surface area contributed by atoms with Gasteiger partial charge in [-0.3, -0.25) is 10.1 Å². The summed E-state index contributed by atoms with van der Waals surface area (Å²) >= 11 is 10.9. The summed E-state index contributed by atoms with van der Waals surface area (Å²) in [5.41, 5.74) is 0.885. The summed E-state index contributed by atoms with van der Waals surface area (Å²) in [5, 5.41) is 4.86. The number of thiophene rings is 1. The Morgan fingerprint density at radius 1 is 1.17 bits per heavy atom. The van der Waals surface area contributed by atoms with Gasteiger partial charge in [0, 0.05) is 15.0 Å². The van der Waals surface area contributed by atoms with Crippen molar-refractivity contribution in [3.63, 3.8) is 0 Å². The molecular weight excluding hydrogens is 380 g/mol. The molecule has 2 heterocycles. The van der Waals surface area contributed by atoms with E-state index in [1.165, 1.54) is 27.6 Å². The highest BCUT2D eigenvalue weighted by molar-refractivity contribution is 7.98. The van der Waals surface area contributed by atoms with Crippen LogP contribution in [0.4, 0.5) is 5.13 Å². The molecule has 4 rings (SSSR count). The Morgan fingerprint density at radius 3 is 2.79 bits per heavy atom. The highest BCUT2D eigenvalue weighted by Gasteiger charge is 2.18. The summed E-state index contributed by atoms with van der Waals surface area (Å²) in [6.45, 7) is 0. The highest BCUT2D eigenvalue weighted by Crippen LogP contribution is 2.36. The predicted molar refractivity (Wildman–Crippen MR) is 106 cm³/mol. The minimum absolute atomic E-state index is 0.217. The third-order valence-corrected chi connectivity index (χ3v) is 6.89. The number of hydrogen-bond donors (Lipinski definition) is 1. The van der Waals surface area contributed by atoms with E-state index in [0.29, 0.717) is 15.0 Å². The van der Waals surface area contributed by atoms with Gasteiger partial charge >= 0.3 is 0 Å². The van der Waals surface area contributed by atoms with Crippen molar-refractivity contribution in [3.8, 4) is 0 Å². The molecule has 24 heavy (non-hydrogen) atoms. The predicted octanol–water partition coefficient (Wildman–Crippen LogP) is 6.14. The second kappa shape index (κ2) is 6.37. The number of rotatable bonds is 3. The summed E-state index contributed by atoms with van der Waals surface area (Å²) in [4.78, 5) is 18.8. The van der Waals surface area contributed by atoms with Crippen molar-refractivity contribution in [1.29, 1.82) is 0 Å². The molecule has 2 aromatic carbocycles. The summed E-state index contributed by atoms with van der Waals surface area (Å²) in [7, 11) is 0. The summed E-state index contributed by atoms with van der Waals surface area (Å²) in [6.07, 6.45) is 2.04. The van der Waals surface area contributed by atoms with Crippen LogP contribution >= 0.6 is 46.0 Å². The van der Waals surface area contributed by atoms with Crippen LogP contribution in [-0.2, 0) is 0 Å². The number of nitrogens with zero attached hydrogens (tertiary/aromatic N) is 1. The number of anilines is 1. The molecule has 0 bridgehead atoms. The Kier molecular flexibility index (Phi) is 4.22. The van der Waals surface area contributed by atoms with E-state index in [-0.39, 0.29) is 5.91 Å². The first-order chi connectivity index (χ1) is 11.7. The van der Waals surface area contributed by atoms with Gasteiger partial charge in [-0.05, 0) is 30.5 Å². The van der Waals surface area contributed by atoms with Crippen molar-refractivity contribution in [1.82, 2.24) is 4.98 Å². The summed E-state index contributed by atoms with van der Waals surface area (Å²) < 4.78 is 2.06.